The molecule has 0 N–H and O–H groups in total. The van der Waals surface area contributed by atoms with E-state index in [1.165, 1.54) is 24.8 Å². The van der Waals surface area contributed by atoms with Crippen molar-refractivity contribution in [3.8, 4) is 5.75 Å². The first-order chi connectivity index (χ1) is 15.6. The molecule has 3 unspecified atom stereocenters. The fourth-order valence-corrected chi connectivity index (χ4v) is 5.94. The Kier molecular flexibility index (Phi) is 8.04. The lowest BCUT2D eigenvalue weighted by atomic mass is 9.72. The van der Waals surface area contributed by atoms with Crippen LogP contribution in [-0.4, -0.2) is 19.3 Å². The van der Waals surface area contributed by atoms with Crippen LogP contribution in [-0.2, 0) is 4.74 Å². The third kappa shape index (κ3) is 5.27. The molecular formula is C28H38F2O2. The number of ether oxygens (including phenoxy) is 2. The van der Waals surface area contributed by atoms with Crippen LogP contribution < -0.4 is 4.74 Å². The molecule has 4 heteroatoms. The van der Waals surface area contributed by atoms with Gasteiger partial charge in [-0.25, -0.2) is 4.39 Å². The van der Waals surface area contributed by atoms with Crippen molar-refractivity contribution in [2.24, 2.45) is 17.8 Å². The monoisotopic (exact) mass is 444 g/mol. The molecule has 1 aliphatic heterocycles. The largest absolute Gasteiger partial charge is 0.491 e. The van der Waals surface area contributed by atoms with E-state index in [0.717, 1.165) is 45.1 Å². The highest BCUT2D eigenvalue weighted by Gasteiger charge is 2.33. The van der Waals surface area contributed by atoms with E-state index in [0.29, 0.717) is 29.9 Å². The first-order valence-corrected chi connectivity index (χ1v) is 12.7. The molecule has 1 saturated heterocycles. The quantitative estimate of drug-likeness (QED) is 0.428. The Morgan fingerprint density at radius 3 is 2.38 bits per heavy atom. The first kappa shape index (κ1) is 23.5. The number of rotatable bonds is 7. The summed E-state index contributed by atoms with van der Waals surface area (Å²) in [5, 5.41) is 0. The summed E-state index contributed by atoms with van der Waals surface area (Å²) in [7, 11) is 0. The summed E-state index contributed by atoms with van der Waals surface area (Å²) in [5.41, 5.74) is 1.88. The van der Waals surface area contributed by atoms with Crippen LogP contribution in [0.2, 0.25) is 0 Å². The molecule has 3 aliphatic rings. The van der Waals surface area contributed by atoms with Gasteiger partial charge in [-0.2, -0.15) is 4.39 Å². The Morgan fingerprint density at radius 1 is 0.969 bits per heavy atom. The predicted molar refractivity (Wildman–Crippen MR) is 125 cm³/mol. The highest BCUT2D eigenvalue weighted by atomic mass is 19.2. The van der Waals surface area contributed by atoms with Crippen LogP contribution in [0.5, 0.6) is 5.75 Å². The predicted octanol–water partition coefficient (Wildman–Crippen LogP) is 7.74. The maximum absolute atomic E-state index is 14.6. The molecule has 0 bridgehead atoms. The van der Waals surface area contributed by atoms with Crippen LogP contribution in [0.4, 0.5) is 8.78 Å². The second-order valence-corrected chi connectivity index (χ2v) is 9.83. The van der Waals surface area contributed by atoms with Crippen LogP contribution in [0.15, 0.2) is 35.9 Å². The molecule has 2 nitrogen and oxygen atoms in total. The zero-order chi connectivity index (χ0) is 22.5. The van der Waals surface area contributed by atoms with E-state index in [4.69, 9.17) is 9.47 Å². The summed E-state index contributed by atoms with van der Waals surface area (Å²) >= 11 is 0. The van der Waals surface area contributed by atoms with Crippen LogP contribution in [0.3, 0.4) is 0 Å². The Hall–Kier alpha value is -1.68. The molecule has 1 aromatic carbocycles. The van der Waals surface area contributed by atoms with Gasteiger partial charge in [0.05, 0.1) is 19.3 Å². The van der Waals surface area contributed by atoms with E-state index in [2.05, 4.69) is 25.2 Å². The lowest BCUT2D eigenvalue weighted by molar-refractivity contribution is -0.0189. The molecule has 0 spiro atoms. The molecule has 2 aliphatic carbocycles. The van der Waals surface area contributed by atoms with Gasteiger partial charge in [-0.05, 0) is 99.2 Å². The maximum atomic E-state index is 14.6. The van der Waals surface area contributed by atoms with Gasteiger partial charge in [0.25, 0.3) is 0 Å². The van der Waals surface area contributed by atoms with Crippen molar-refractivity contribution in [1.29, 1.82) is 0 Å². The Balaban J connectivity index is 1.26. The van der Waals surface area contributed by atoms with Crippen molar-refractivity contribution in [2.75, 3.05) is 13.2 Å². The zero-order valence-electron chi connectivity index (χ0n) is 19.6. The van der Waals surface area contributed by atoms with Crippen LogP contribution in [0.25, 0.3) is 0 Å². The second-order valence-electron chi connectivity index (χ2n) is 9.83. The molecule has 2 fully saturated rings. The smallest absolute Gasteiger partial charge is 0.200 e. The van der Waals surface area contributed by atoms with Gasteiger partial charge in [0, 0.05) is 0 Å². The average molecular weight is 445 g/mol. The maximum Gasteiger partial charge on any atom is 0.200 e. The topological polar surface area (TPSA) is 18.5 Å². The van der Waals surface area contributed by atoms with Crippen molar-refractivity contribution in [2.45, 2.75) is 83.7 Å². The summed E-state index contributed by atoms with van der Waals surface area (Å²) in [6.45, 7) is 5.18. The number of halogens is 2. The summed E-state index contributed by atoms with van der Waals surface area (Å²) in [5.74, 6) is 0.470. The van der Waals surface area contributed by atoms with E-state index in [-0.39, 0.29) is 17.8 Å². The SMILES string of the molecule is CCCC1C=CC(C2CCC(C3CCC(c4ccc(OCC)c(F)c4F)CC3)CO2)=CC1. The van der Waals surface area contributed by atoms with E-state index in [9.17, 15) is 8.78 Å². The molecule has 0 amide bonds. The summed E-state index contributed by atoms with van der Waals surface area (Å²) in [6, 6.07) is 3.30. The van der Waals surface area contributed by atoms with Crippen molar-refractivity contribution in [3.63, 3.8) is 0 Å². The van der Waals surface area contributed by atoms with Gasteiger partial charge in [-0.3, -0.25) is 0 Å². The molecule has 1 saturated carbocycles. The number of benzene rings is 1. The Bertz CT molecular complexity index is 815. The van der Waals surface area contributed by atoms with Gasteiger partial charge in [0.1, 0.15) is 0 Å². The summed E-state index contributed by atoms with van der Waals surface area (Å²) < 4.78 is 40.4. The van der Waals surface area contributed by atoms with Crippen molar-refractivity contribution in [3.05, 3.63) is 53.1 Å². The Morgan fingerprint density at radius 2 is 1.75 bits per heavy atom. The fraction of sp³-hybridized carbons (Fsp3) is 0.643. The number of allylic oxidation sites excluding steroid dienone is 2. The molecule has 0 aromatic heterocycles. The van der Waals surface area contributed by atoms with Crippen LogP contribution in [0, 0.1) is 29.4 Å². The first-order valence-electron chi connectivity index (χ1n) is 12.7. The summed E-state index contributed by atoms with van der Waals surface area (Å²) in [6.07, 6.45) is 17.2. The third-order valence-corrected chi connectivity index (χ3v) is 7.81. The number of hydrogen-bond donors (Lipinski definition) is 0. The van der Waals surface area contributed by atoms with Crippen LogP contribution >= 0.6 is 0 Å². The van der Waals surface area contributed by atoms with Crippen molar-refractivity contribution >= 4 is 0 Å². The van der Waals surface area contributed by atoms with Crippen molar-refractivity contribution < 1.29 is 18.3 Å². The van der Waals surface area contributed by atoms with Gasteiger partial charge in [0.15, 0.2) is 11.6 Å². The van der Waals surface area contributed by atoms with Gasteiger partial charge in [-0.1, -0.05) is 37.6 Å². The molecule has 32 heavy (non-hydrogen) atoms. The normalized spacial score (nSPS) is 30.8. The molecule has 176 valence electrons. The second kappa shape index (κ2) is 11.0. The fourth-order valence-electron chi connectivity index (χ4n) is 5.94. The van der Waals surface area contributed by atoms with Gasteiger partial charge in [-0.15, -0.1) is 0 Å². The minimum absolute atomic E-state index is 0.0140. The Labute approximate surface area is 192 Å². The van der Waals surface area contributed by atoms with Crippen LogP contribution in [0.1, 0.15) is 83.1 Å². The number of hydrogen-bond acceptors (Lipinski definition) is 2. The minimum atomic E-state index is -0.842. The van der Waals surface area contributed by atoms with Crippen molar-refractivity contribution in [1.82, 2.24) is 0 Å². The van der Waals surface area contributed by atoms with E-state index < -0.39 is 11.6 Å². The van der Waals surface area contributed by atoms with Gasteiger partial charge >= 0.3 is 0 Å². The molecule has 1 aromatic rings. The highest BCUT2D eigenvalue weighted by molar-refractivity contribution is 5.33. The molecule has 4 rings (SSSR count). The van der Waals surface area contributed by atoms with E-state index in [1.54, 1.807) is 19.1 Å². The average Bonchev–Trinajstić information content (AvgIpc) is 2.83. The molecule has 1 heterocycles. The highest BCUT2D eigenvalue weighted by Crippen LogP contribution is 2.43. The molecule has 0 radical (unpaired) electrons. The van der Waals surface area contributed by atoms with E-state index in [1.807, 2.05) is 0 Å². The molecule has 3 atom stereocenters. The third-order valence-electron chi connectivity index (χ3n) is 7.81. The zero-order valence-corrected chi connectivity index (χ0v) is 19.6. The van der Waals surface area contributed by atoms with E-state index >= 15 is 0 Å². The lowest BCUT2D eigenvalue weighted by Gasteiger charge is -2.38. The minimum Gasteiger partial charge on any atom is -0.491 e. The van der Waals surface area contributed by atoms with Gasteiger partial charge < -0.3 is 9.47 Å². The lowest BCUT2D eigenvalue weighted by Crippen LogP contribution is -2.33. The standard InChI is InChI=1S/C28H38F2O2/c1-3-5-19-6-8-22(9-7-19)25-16-14-23(18-32-25)20-10-12-21(13-11-20)24-15-17-26(31-4-2)28(30)27(24)29/h6,8-9,15,17,19-21,23,25H,3-5,7,10-14,16,18H2,1-2H3. The summed E-state index contributed by atoms with van der Waals surface area (Å²) in [4.78, 5) is 0. The molecular weight excluding hydrogens is 406 g/mol. The van der Waals surface area contributed by atoms with Gasteiger partial charge in [0.2, 0.25) is 5.82 Å².